The summed E-state index contributed by atoms with van der Waals surface area (Å²) < 4.78 is 1.76. The second kappa shape index (κ2) is 5.97. The van der Waals surface area contributed by atoms with Gasteiger partial charge in [-0.05, 0) is 37.3 Å². The van der Waals surface area contributed by atoms with Crippen LogP contribution in [0, 0.1) is 0 Å². The third-order valence-corrected chi connectivity index (χ3v) is 3.53. The van der Waals surface area contributed by atoms with Crippen LogP contribution >= 0.6 is 11.6 Å². The molecule has 2 heterocycles. The Morgan fingerprint density at radius 3 is 2.71 bits per heavy atom. The summed E-state index contributed by atoms with van der Waals surface area (Å²) in [4.78, 5) is 4.37. The Morgan fingerprint density at radius 2 is 2.00 bits per heavy atom. The van der Waals surface area contributed by atoms with E-state index in [9.17, 15) is 0 Å². The van der Waals surface area contributed by atoms with Crippen molar-refractivity contribution in [1.29, 1.82) is 0 Å². The molecule has 1 N–H and O–H groups in total. The molecular formula is C16H15ClN4. The molecule has 0 bridgehead atoms. The standard InChI is InChI=1S/C16H15ClN4/c1-12(14-7-2-3-9-18-14)20-15-8-4-6-13(17)16(15)21-11-5-10-19-21/h2-12,20H,1H3. The number of halogens is 1. The Labute approximate surface area is 128 Å². The van der Waals surface area contributed by atoms with E-state index in [1.54, 1.807) is 17.1 Å². The maximum atomic E-state index is 6.33. The largest absolute Gasteiger partial charge is 0.375 e. The third-order valence-electron chi connectivity index (χ3n) is 3.22. The van der Waals surface area contributed by atoms with Gasteiger partial charge in [0.1, 0.15) is 5.69 Å². The molecular weight excluding hydrogens is 284 g/mol. The number of anilines is 1. The van der Waals surface area contributed by atoms with Gasteiger partial charge in [-0.3, -0.25) is 4.98 Å². The lowest BCUT2D eigenvalue weighted by Crippen LogP contribution is -2.11. The van der Waals surface area contributed by atoms with Gasteiger partial charge in [0.25, 0.3) is 0 Å². The van der Waals surface area contributed by atoms with E-state index in [1.807, 2.05) is 48.7 Å². The van der Waals surface area contributed by atoms with Crippen molar-refractivity contribution in [2.24, 2.45) is 0 Å². The van der Waals surface area contributed by atoms with E-state index in [-0.39, 0.29) is 6.04 Å². The summed E-state index contributed by atoms with van der Waals surface area (Å²) in [5.74, 6) is 0. The fraction of sp³-hybridized carbons (Fsp3) is 0.125. The third kappa shape index (κ3) is 2.90. The average molecular weight is 299 g/mol. The molecule has 1 atom stereocenters. The molecule has 2 aromatic heterocycles. The second-order valence-corrected chi connectivity index (χ2v) is 5.11. The summed E-state index contributed by atoms with van der Waals surface area (Å²) in [7, 11) is 0. The van der Waals surface area contributed by atoms with Gasteiger partial charge in [-0.1, -0.05) is 23.7 Å². The van der Waals surface area contributed by atoms with Gasteiger partial charge in [0.05, 0.1) is 22.4 Å². The first-order valence-corrected chi connectivity index (χ1v) is 7.09. The molecule has 0 saturated carbocycles. The maximum absolute atomic E-state index is 6.33. The van der Waals surface area contributed by atoms with E-state index < -0.39 is 0 Å². The highest BCUT2D eigenvalue weighted by molar-refractivity contribution is 6.33. The molecule has 0 saturated heterocycles. The van der Waals surface area contributed by atoms with Gasteiger partial charge in [0.2, 0.25) is 0 Å². The zero-order valence-electron chi connectivity index (χ0n) is 11.6. The van der Waals surface area contributed by atoms with Gasteiger partial charge in [-0.15, -0.1) is 0 Å². The van der Waals surface area contributed by atoms with E-state index >= 15 is 0 Å². The first-order valence-electron chi connectivity index (χ1n) is 6.71. The molecule has 0 aliphatic rings. The van der Waals surface area contributed by atoms with E-state index in [2.05, 4.69) is 22.3 Å². The van der Waals surface area contributed by atoms with Crippen molar-refractivity contribution in [1.82, 2.24) is 14.8 Å². The molecule has 0 radical (unpaired) electrons. The van der Waals surface area contributed by atoms with E-state index in [1.165, 1.54) is 0 Å². The maximum Gasteiger partial charge on any atom is 0.106 e. The van der Waals surface area contributed by atoms with Crippen LogP contribution in [0.5, 0.6) is 0 Å². The number of para-hydroxylation sites is 1. The average Bonchev–Trinajstić information content (AvgIpc) is 3.02. The Morgan fingerprint density at radius 1 is 1.10 bits per heavy atom. The summed E-state index contributed by atoms with van der Waals surface area (Å²) in [6.07, 6.45) is 5.40. The molecule has 0 fully saturated rings. The Hall–Kier alpha value is -2.33. The molecule has 0 amide bonds. The van der Waals surface area contributed by atoms with Crippen molar-refractivity contribution in [3.8, 4) is 5.69 Å². The lowest BCUT2D eigenvalue weighted by molar-refractivity contribution is 0.826. The number of hydrogen-bond acceptors (Lipinski definition) is 3. The highest BCUT2D eigenvalue weighted by atomic mass is 35.5. The molecule has 3 rings (SSSR count). The molecule has 4 nitrogen and oxygen atoms in total. The van der Waals surface area contributed by atoms with E-state index in [4.69, 9.17) is 11.6 Å². The summed E-state index contributed by atoms with van der Waals surface area (Å²) in [5.41, 5.74) is 2.74. The van der Waals surface area contributed by atoms with Crippen molar-refractivity contribution in [3.63, 3.8) is 0 Å². The topological polar surface area (TPSA) is 42.7 Å². The van der Waals surface area contributed by atoms with E-state index in [0.717, 1.165) is 17.1 Å². The van der Waals surface area contributed by atoms with E-state index in [0.29, 0.717) is 5.02 Å². The van der Waals surface area contributed by atoms with Gasteiger partial charge in [-0.25, -0.2) is 4.68 Å². The van der Waals surface area contributed by atoms with Crippen LogP contribution < -0.4 is 5.32 Å². The molecule has 1 aromatic carbocycles. The predicted octanol–water partition coefficient (Wildman–Crippen LogP) is 4.09. The van der Waals surface area contributed by atoms with Gasteiger partial charge in [0.15, 0.2) is 0 Å². The molecule has 5 heteroatoms. The van der Waals surface area contributed by atoms with Crippen LogP contribution in [0.25, 0.3) is 5.69 Å². The van der Waals surface area contributed by atoms with Crippen LogP contribution in [0.3, 0.4) is 0 Å². The Bertz CT molecular complexity index is 710. The summed E-state index contributed by atoms with van der Waals surface area (Å²) in [6, 6.07) is 13.6. The molecule has 106 valence electrons. The van der Waals surface area contributed by atoms with Crippen LogP contribution in [0.1, 0.15) is 18.7 Å². The number of rotatable bonds is 4. The fourth-order valence-corrected chi connectivity index (χ4v) is 2.47. The first kappa shape index (κ1) is 13.6. The SMILES string of the molecule is CC(Nc1cccc(Cl)c1-n1cccn1)c1ccccn1. The second-order valence-electron chi connectivity index (χ2n) is 4.71. The predicted molar refractivity (Wildman–Crippen MR) is 84.8 cm³/mol. The molecule has 0 aliphatic heterocycles. The Balaban J connectivity index is 1.95. The summed E-state index contributed by atoms with van der Waals surface area (Å²) in [6.45, 7) is 2.07. The van der Waals surface area contributed by atoms with Crippen molar-refractivity contribution >= 4 is 17.3 Å². The van der Waals surface area contributed by atoms with Crippen LogP contribution in [0.15, 0.2) is 61.1 Å². The first-order chi connectivity index (χ1) is 10.3. The lowest BCUT2D eigenvalue weighted by Gasteiger charge is -2.18. The van der Waals surface area contributed by atoms with Gasteiger partial charge < -0.3 is 5.32 Å². The lowest BCUT2D eigenvalue weighted by atomic mass is 10.2. The molecule has 0 spiro atoms. The number of benzene rings is 1. The molecule has 0 aliphatic carbocycles. The molecule has 3 aromatic rings. The number of nitrogens with one attached hydrogen (secondary N) is 1. The highest BCUT2D eigenvalue weighted by Gasteiger charge is 2.13. The number of pyridine rings is 1. The van der Waals surface area contributed by atoms with Crippen molar-refractivity contribution < 1.29 is 0 Å². The molecule has 21 heavy (non-hydrogen) atoms. The van der Waals surface area contributed by atoms with Crippen LogP contribution in [-0.4, -0.2) is 14.8 Å². The zero-order chi connectivity index (χ0) is 14.7. The fourth-order valence-electron chi connectivity index (χ4n) is 2.21. The minimum atomic E-state index is 0.0685. The van der Waals surface area contributed by atoms with Gasteiger partial charge in [0, 0.05) is 18.6 Å². The van der Waals surface area contributed by atoms with Gasteiger partial charge >= 0.3 is 0 Å². The van der Waals surface area contributed by atoms with Crippen molar-refractivity contribution in [3.05, 3.63) is 71.8 Å². The number of aromatic nitrogens is 3. The zero-order valence-corrected chi connectivity index (χ0v) is 12.3. The number of hydrogen-bond donors (Lipinski definition) is 1. The highest BCUT2D eigenvalue weighted by Crippen LogP contribution is 2.30. The van der Waals surface area contributed by atoms with Crippen molar-refractivity contribution in [2.75, 3.05) is 5.32 Å². The van der Waals surface area contributed by atoms with Gasteiger partial charge in [-0.2, -0.15) is 5.10 Å². The minimum Gasteiger partial charge on any atom is -0.375 e. The van der Waals surface area contributed by atoms with Crippen LogP contribution in [-0.2, 0) is 0 Å². The number of nitrogens with zero attached hydrogens (tertiary/aromatic N) is 3. The van der Waals surface area contributed by atoms with Crippen LogP contribution in [0.2, 0.25) is 5.02 Å². The Kier molecular flexibility index (Phi) is 3.88. The quantitative estimate of drug-likeness (QED) is 0.789. The summed E-state index contributed by atoms with van der Waals surface area (Å²) in [5, 5.41) is 8.36. The molecule has 1 unspecified atom stereocenters. The smallest absolute Gasteiger partial charge is 0.106 e. The van der Waals surface area contributed by atoms with Crippen LogP contribution in [0.4, 0.5) is 5.69 Å². The summed E-state index contributed by atoms with van der Waals surface area (Å²) >= 11 is 6.33. The minimum absolute atomic E-state index is 0.0685. The van der Waals surface area contributed by atoms with Crippen molar-refractivity contribution in [2.45, 2.75) is 13.0 Å². The normalized spacial score (nSPS) is 12.1. The monoisotopic (exact) mass is 298 g/mol.